The van der Waals surface area contributed by atoms with E-state index in [0.29, 0.717) is 0 Å². The summed E-state index contributed by atoms with van der Waals surface area (Å²) in [6.07, 6.45) is 10.4. The fourth-order valence-corrected chi connectivity index (χ4v) is 3.80. The number of furan rings is 1. The summed E-state index contributed by atoms with van der Waals surface area (Å²) in [6, 6.07) is 9.98. The quantitative estimate of drug-likeness (QED) is 0.564. The number of nitrogens with zero attached hydrogens (tertiary/aromatic N) is 4. The fraction of sp³-hybridized carbons (Fsp3) is 0.286. The van der Waals surface area contributed by atoms with Gasteiger partial charge in [0.1, 0.15) is 17.7 Å². The number of pyridine rings is 2. The number of aromatic nitrogens is 4. The van der Waals surface area contributed by atoms with Gasteiger partial charge in [0.15, 0.2) is 5.65 Å². The number of aliphatic hydroxyl groups excluding tert-OH is 1. The molecule has 7 nitrogen and oxygen atoms in total. The Kier molecular flexibility index (Phi) is 4.29. The van der Waals surface area contributed by atoms with E-state index in [1.54, 1.807) is 25.1 Å². The van der Waals surface area contributed by atoms with E-state index in [0.717, 1.165) is 59.6 Å². The van der Waals surface area contributed by atoms with Gasteiger partial charge in [0, 0.05) is 17.8 Å². The van der Waals surface area contributed by atoms with E-state index in [-0.39, 0.29) is 12.1 Å². The minimum absolute atomic E-state index is 0.223. The highest BCUT2D eigenvalue weighted by Crippen LogP contribution is 2.25. The Bertz CT molecular complexity index is 1090. The van der Waals surface area contributed by atoms with Gasteiger partial charge in [0.05, 0.1) is 30.0 Å². The van der Waals surface area contributed by atoms with Crippen molar-refractivity contribution >= 4 is 17.0 Å². The van der Waals surface area contributed by atoms with E-state index in [9.17, 15) is 5.11 Å². The second-order valence-electron chi connectivity index (χ2n) is 7.23. The highest BCUT2D eigenvalue weighted by atomic mass is 16.3. The molecule has 0 spiro atoms. The van der Waals surface area contributed by atoms with Crippen molar-refractivity contribution in [2.75, 3.05) is 5.32 Å². The van der Waals surface area contributed by atoms with Gasteiger partial charge < -0.3 is 14.8 Å². The van der Waals surface area contributed by atoms with E-state index in [2.05, 4.69) is 15.3 Å². The summed E-state index contributed by atoms with van der Waals surface area (Å²) >= 11 is 0. The third kappa shape index (κ3) is 3.25. The zero-order valence-corrected chi connectivity index (χ0v) is 15.3. The molecule has 0 radical (unpaired) electrons. The van der Waals surface area contributed by atoms with Crippen LogP contribution in [0.2, 0.25) is 0 Å². The molecule has 0 amide bonds. The molecule has 7 heteroatoms. The molecule has 0 saturated heterocycles. The maximum absolute atomic E-state index is 9.91. The van der Waals surface area contributed by atoms with Gasteiger partial charge in [-0.3, -0.25) is 9.55 Å². The highest BCUT2D eigenvalue weighted by Gasteiger charge is 2.20. The number of fused-ring (bicyclic) bond motifs is 1. The van der Waals surface area contributed by atoms with Crippen molar-refractivity contribution in [2.24, 2.45) is 0 Å². The van der Waals surface area contributed by atoms with Crippen molar-refractivity contribution < 1.29 is 9.52 Å². The van der Waals surface area contributed by atoms with Crippen LogP contribution in [0.15, 0.2) is 59.8 Å². The van der Waals surface area contributed by atoms with Crippen LogP contribution in [0.25, 0.3) is 28.1 Å². The Morgan fingerprint density at radius 3 is 2.96 bits per heavy atom. The molecular weight excluding hydrogens is 354 g/mol. The first-order valence-electron chi connectivity index (χ1n) is 9.54. The lowest BCUT2D eigenvalue weighted by molar-refractivity contribution is 0.124. The minimum atomic E-state index is -0.223. The van der Waals surface area contributed by atoms with Gasteiger partial charge in [-0.05, 0) is 56.0 Å². The first-order valence-corrected chi connectivity index (χ1v) is 9.54. The monoisotopic (exact) mass is 375 g/mol. The molecule has 5 rings (SSSR count). The van der Waals surface area contributed by atoms with Crippen LogP contribution in [-0.4, -0.2) is 36.8 Å². The minimum Gasteiger partial charge on any atom is -0.472 e. The molecule has 142 valence electrons. The van der Waals surface area contributed by atoms with Gasteiger partial charge in [-0.2, -0.15) is 0 Å². The molecule has 2 unspecified atom stereocenters. The molecule has 4 aromatic heterocycles. The summed E-state index contributed by atoms with van der Waals surface area (Å²) in [5.74, 6) is 0.803. The Morgan fingerprint density at radius 1 is 1.14 bits per heavy atom. The molecular formula is C21H21N5O2. The maximum Gasteiger partial charge on any atom is 0.166 e. The lowest BCUT2D eigenvalue weighted by Gasteiger charge is -2.27. The average Bonchev–Trinajstić information content (AvgIpc) is 3.38. The third-order valence-corrected chi connectivity index (χ3v) is 5.23. The predicted molar refractivity (Wildman–Crippen MR) is 106 cm³/mol. The van der Waals surface area contributed by atoms with Crippen molar-refractivity contribution in [3.8, 4) is 16.9 Å². The van der Waals surface area contributed by atoms with Crippen LogP contribution in [0.1, 0.15) is 25.7 Å². The molecule has 1 saturated carbocycles. The first-order chi connectivity index (χ1) is 13.8. The number of imidazole rings is 1. The van der Waals surface area contributed by atoms with Crippen LogP contribution in [0, 0.1) is 0 Å². The van der Waals surface area contributed by atoms with Crippen molar-refractivity contribution in [3.63, 3.8) is 0 Å². The van der Waals surface area contributed by atoms with Crippen LogP contribution in [0.5, 0.6) is 0 Å². The molecule has 4 aromatic rings. The topological polar surface area (TPSA) is 89.0 Å². The third-order valence-electron chi connectivity index (χ3n) is 5.23. The van der Waals surface area contributed by atoms with E-state index in [1.807, 2.05) is 34.9 Å². The number of hydrogen-bond donors (Lipinski definition) is 2. The molecule has 28 heavy (non-hydrogen) atoms. The summed E-state index contributed by atoms with van der Waals surface area (Å²) in [6.45, 7) is 0. The molecule has 1 aliphatic carbocycles. The fourth-order valence-electron chi connectivity index (χ4n) is 3.80. The molecule has 4 heterocycles. The molecule has 2 N–H and O–H groups in total. The summed E-state index contributed by atoms with van der Waals surface area (Å²) in [4.78, 5) is 13.7. The molecule has 1 aliphatic rings. The Hall–Kier alpha value is -3.19. The second-order valence-corrected chi connectivity index (χ2v) is 7.23. The van der Waals surface area contributed by atoms with Crippen LogP contribution >= 0.6 is 0 Å². The van der Waals surface area contributed by atoms with E-state index in [4.69, 9.17) is 9.40 Å². The van der Waals surface area contributed by atoms with Gasteiger partial charge in [-0.25, -0.2) is 9.97 Å². The zero-order chi connectivity index (χ0) is 18.9. The van der Waals surface area contributed by atoms with Crippen LogP contribution in [0.3, 0.4) is 0 Å². The molecule has 2 atom stereocenters. The van der Waals surface area contributed by atoms with Crippen molar-refractivity contribution in [1.29, 1.82) is 0 Å². The summed E-state index contributed by atoms with van der Waals surface area (Å²) in [5.41, 5.74) is 4.31. The Balaban J connectivity index is 1.48. The van der Waals surface area contributed by atoms with Gasteiger partial charge in [-0.1, -0.05) is 0 Å². The van der Waals surface area contributed by atoms with Gasteiger partial charge in [-0.15, -0.1) is 0 Å². The molecule has 1 fully saturated rings. The Morgan fingerprint density at radius 2 is 2.11 bits per heavy atom. The van der Waals surface area contributed by atoms with Gasteiger partial charge in [0.2, 0.25) is 0 Å². The van der Waals surface area contributed by atoms with Crippen LogP contribution in [0.4, 0.5) is 5.82 Å². The summed E-state index contributed by atoms with van der Waals surface area (Å²) in [7, 11) is 0. The van der Waals surface area contributed by atoms with Gasteiger partial charge >= 0.3 is 0 Å². The second kappa shape index (κ2) is 7.09. The summed E-state index contributed by atoms with van der Waals surface area (Å²) < 4.78 is 7.13. The van der Waals surface area contributed by atoms with Crippen LogP contribution in [-0.2, 0) is 0 Å². The molecule has 0 bridgehead atoms. The lowest BCUT2D eigenvalue weighted by Crippen LogP contribution is -2.30. The molecule has 0 aromatic carbocycles. The number of hydrogen-bond acceptors (Lipinski definition) is 6. The van der Waals surface area contributed by atoms with E-state index < -0.39 is 0 Å². The highest BCUT2D eigenvalue weighted by molar-refractivity contribution is 5.75. The zero-order valence-electron chi connectivity index (χ0n) is 15.3. The average molecular weight is 375 g/mol. The van der Waals surface area contributed by atoms with Crippen molar-refractivity contribution in [3.05, 3.63) is 55.4 Å². The Labute approximate surface area is 162 Å². The van der Waals surface area contributed by atoms with Gasteiger partial charge in [0.25, 0.3) is 0 Å². The van der Waals surface area contributed by atoms with Crippen molar-refractivity contribution in [2.45, 2.75) is 37.8 Å². The normalized spacial score (nSPS) is 19.8. The predicted octanol–water partition coefficient (Wildman–Crippen LogP) is 3.79. The largest absolute Gasteiger partial charge is 0.472 e. The number of rotatable bonds is 4. The number of aliphatic hydroxyl groups is 1. The smallest absolute Gasteiger partial charge is 0.166 e. The van der Waals surface area contributed by atoms with Crippen molar-refractivity contribution in [1.82, 2.24) is 19.5 Å². The maximum atomic E-state index is 9.91. The number of anilines is 1. The molecule has 0 aliphatic heterocycles. The number of nitrogens with one attached hydrogen (secondary N) is 1. The standard InChI is InChI=1S/C21H21N5O2/c27-17-3-1-2-15(10-17)24-20-5-4-18-21(25-20)26(13-23-18)16-6-8-22-19(11-16)14-7-9-28-12-14/h4-9,11-13,15,17,27H,1-3,10H2,(H,24,25). The van der Waals surface area contributed by atoms with E-state index >= 15 is 0 Å². The van der Waals surface area contributed by atoms with Crippen LogP contribution < -0.4 is 5.32 Å². The SMILES string of the molecule is OC1CCCC(Nc2ccc3ncn(-c4ccnc(-c5ccoc5)c4)c3n2)C1. The summed E-state index contributed by atoms with van der Waals surface area (Å²) in [5, 5.41) is 13.4. The first kappa shape index (κ1) is 16.9. The van der Waals surface area contributed by atoms with E-state index in [1.165, 1.54) is 0 Å². The lowest BCUT2D eigenvalue weighted by atomic mass is 9.93.